The smallest absolute Gasteiger partial charge is 0.218 e. The topological polar surface area (TPSA) is 68.5 Å². The Morgan fingerprint density at radius 3 is 2.57 bits per heavy atom. The highest BCUT2D eigenvalue weighted by Crippen LogP contribution is 2.36. The lowest BCUT2D eigenvalue weighted by atomic mass is 10.1. The van der Waals surface area contributed by atoms with E-state index in [-0.39, 0.29) is 0 Å². The summed E-state index contributed by atoms with van der Waals surface area (Å²) in [5, 5.41) is 4.09. The van der Waals surface area contributed by atoms with Gasteiger partial charge in [0.2, 0.25) is 12.3 Å². The largest absolute Gasteiger partial charge is 0.481 e. The summed E-state index contributed by atoms with van der Waals surface area (Å²) in [6.45, 7) is 1.77. The van der Waals surface area contributed by atoms with E-state index in [2.05, 4.69) is 10.1 Å². The molecule has 0 radical (unpaired) electrons. The van der Waals surface area contributed by atoms with E-state index in [9.17, 15) is 4.79 Å². The minimum Gasteiger partial charge on any atom is -0.481 e. The molecular formula is C17H15N3O3. The first-order chi connectivity index (χ1) is 11.2. The van der Waals surface area contributed by atoms with Gasteiger partial charge in [0, 0.05) is 11.6 Å². The lowest BCUT2D eigenvalue weighted by Gasteiger charge is -2.17. The molecule has 0 unspecified atom stereocenters. The number of aryl methyl sites for hydroxylation is 1. The molecule has 6 nitrogen and oxygen atoms in total. The fraction of sp³-hybridized carbons (Fsp3) is 0.118. The zero-order valence-electron chi connectivity index (χ0n) is 12.8. The van der Waals surface area contributed by atoms with E-state index >= 15 is 0 Å². The Bertz CT molecular complexity index is 798. The summed E-state index contributed by atoms with van der Waals surface area (Å²) in [6, 6.07) is 13.0. The van der Waals surface area contributed by atoms with Crippen molar-refractivity contribution in [3.63, 3.8) is 0 Å². The molecule has 0 aliphatic heterocycles. The van der Waals surface area contributed by atoms with Crippen LogP contribution >= 0.6 is 0 Å². The molecule has 0 saturated carbocycles. The average molecular weight is 309 g/mol. The number of nitrogens with zero attached hydrogens (tertiary/aromatic N) is 3. The number of rotatable bonds is 5. The van der Waals surface area contributed by atoms with E-state index in [4.69, 9.17) is 9.26 Å². The second-order valence-electron chi connectivity index (χ2n) is 4.84. The third-order valence-corrected chi connectivity index (χ3v) is 3.43. The van der Waals surface area contributed by atoms with Crippen molar-refractivity contribution in [2.75, 3.05) is 12.0 Å². The normalized spacial score (nSPS) is 10.3. The summed E-state index contributed by atoms with van der Waals surface area (Å²) in [4.78, 5) is 17.3. The van der Waals surface area contributed by atoms with Crippen LogP contribution in [-0.2, 0) is 4.79 Å². The highest BCUT2D eigenvalue weighted by molar-refractivity contribution is 5.93. The van der Waals surface area contributed by atoms with Crippen molar-refractivity contribution in [1.29, 1.82) is 0 Å². The number of benzene rings is 1. The number of anilines is 2. The van der Waals surface area contributed by atoms with Gasteiger partial charge in [-0.05, 0) is 13.0 Å². The number of amides is 1. The Kier molecular flexibility index (Phi) is 4.05. The van der Waals surface area contributed by atoms with Crippen molar-refractivity contribution in [3.05, 3.63) is 54.4 Å². The third kappa shape index (κ3) is 2.78. The van der Waals surface area contributed by atoms with Gasteiger partial charge in [0.1, 0.15) is 11.4 Å². The molecule has 0 fully saturated rings. The number of carbonyl (C=O) groups excluding carboxylic acids is 1. The predicted molar refractivity (Wildman–Crippen MR) is 85.7 cm³/mol. The second-order valence-corrected chi connectivity index (χ2v) is 4.84. The van der Waals surface area contributed by atoms with Crippen LogP contribution in [-0.4, -0.2) is 23.7 Å². The minimum atomic E-state index is 0.477. The molecule has 2 heterocycles. The quantitative estimate of drug-likeness (QED) is 0.676. The van der Waals surface area contributed by atoms with Crippen LogP contribution in [0.2, 0.25) is 0 Å². The van der Waals surface area contributed by atoms with Gasteiger partial charge in [-0.15, -0.1) is 0 Å². The average Bonchev–Trinajstić information content (AvgIpc) is 2.99. The summed E-state index contributed by atoms with van der Waals surface area (Å²) in [5.41, 5.74) is 2.67. The summed E-state index contributed by atoms with van der Waals surface area (Å²) in [7, 11) is 1.54. The van der Waals surface area contributed by atoms with Gasteiger partial charge in [0.25, 0.3) is 0 Å². The van der Waals surface area contributed by atoms with Gasteiger partial charge in [-0.3, -0.25) is 9.69 Å². The molecule has 3 aromatic rings. The van der Waals surface area contributed by atoms with Gasteiger partial charge >= 0.3 is 0 Å². The first kappa shape index (κ1) is 14.8. The van der Waals surface area contributed by atoms with Crippen LogP contribution in [0.5, 0.6) is 5.88 Å². The Morgan fingerprint density at radius 2 is 1.96 bits per heavy atom. The standard InChI is InChI=1S/C17H15N3O3/c1-12-17(16(19-23-12)13-6-4-3-5-7-13)20(11-21)14-8-9-15(22-2)18-10-14/h3-11H,1-2H3. The van der Waals surface area contributed by atoms with E-state index in [0.29, 0.717) is 28.7 Å². The zero-order valence-corrected chi connectivity index (χ0v) is 12.8. The van der Waals surface area contributed by atoms with E-state index in [1.54, 1.807) is 25.3 Å². The molecule has 0 aliphatic rings. The molecule has 0 spiro atoms. The maximum atomic E-state index is 11.7. The number of hydrogen-bond acceptors (Lipinski definition) is 5. The minimum absolute atomic E-state index is 0.477. The molecule has 0 N–H and O–H groups in total. The lowest BCUT2D eigenvalue weighted by Crippen LogP contribution is -2.15. The number of carbonyl (C=O) groups is 1. The van der Waals surface area contributed by atoms with Crippen molar-refractivity contribution in [2.24, 2.45) is 0 Å². The molecule has 0 saturated heterocycles. The van der Waals surface area contributed by atoms with Crippen LogP contribution in [0.15, 0.2) is 53.2 Å². The molecule has 23 heavy (non-hydrogen) atoms. The molecule has 6 heteroatoms. The van der Waals surface area contributed by atoms with Gasteiger partial charge in [-0.1, -0.05) is 35.5 Å². The van der Waals surface area contributed by atoms with E-state index in [1.165, 1.54) is 12.0 Å². The molecule has 3 rings (SSSR count). The van der Waals surface area contributed by atoms with Crippen LogP contribution in [0.25, 0.3) is 11.3 Å². The number of hydrogen-bond donors (Lipinski definition) is 0. The third-order valence-electron chi connectivity index (χ3n) is 3.43. The number of aromatic nitrogens is 2. The van der Waals surface area contributed by atoms with Crippen LogP contribution < -0.4 is 9.64 Å². The first-order valence-electron chi connectivity index (χ1n) is 7.01. The van der Waals surface area contributed by atoms with Crippen molar-refractivity contribution >= 4 is 17.8 Å². The Labute approximate surface area is 133 Å². The maximum absolute atomic E-state index is 11.7. The van der Waals surface area contributed by atoms with Crippen molar-refractivity contribution in [2.45, 2.75) is 6.92 Å². The van der Waals surface area contributed by atoms with E-state index in [1.807, 2.05) is 30.3 Å². The van der Waals surface area contributed by atoms with E-state index < -0.39 is 0 Å². The van der Waals surface area contributed by atoms with Gasteiger partial charge in [0.05, 0.1) is 19.0 Å². The highest BCUT2D eigenvalue weighted by atomic mass is 16.5. The Balaban J connectivity index is 2.08. The van der Waals surface area contributed by atoms with Crippen LogP contribution in [0.4, 0.5) is 11.4 Å². The first-order valence-corrected chi connectivity index (χ1v) is 7.01. The lowest BCUT2D eigenvalue weighted by molar-refractivity contribution is -0.106. The molecule has 2 aromatic heterocycles. The van der Waals surface area contributed by atoms with Crippen LogP contribution in [0.3, 0.4) is 0 Å². The highest BCUT2D eigenvalue weighted by Gasteiger charge is 2.22. The molecule has 116 valence electrons. The predicted octanol–water partition coefficient (Wildman–Crippen LogP) is 3.35. The zero-order chi connectivity index (χ0) is 16.2. The molecule has 1 aromatic carbocycles. The van der Waals surface area contributed by atoms with Gasteiger partial charge in [0.15, 0.2) is 5.76 Å². The van der Waals surface area contributed by atoms with Gasteiger partial charge in [-0.2, -0.15) is 0 Å². The Hall–Kier alpha value is -3.15. The van der Waals surface area contributed by atoms with Crippen LogP contribution in [0.1, 0.15) is 5.76 Å². The number of methoxy groups -OCH3 is 1. The monoisotopic (exact) mass is 309 g/mol. The second kappa shape index (κ2) is 6.31. The summed E-state index contributed by atoms with van der Waals surface area (Å²) in [5.74, 6) is 1.02. The maximum Gasteiger partial charge on any atom is 0.218 e. The van der Waals surface area contributed by atoms with Crippen molar-refractivity contribution < 1.29 is 14.1 Å². The molecule has 0 aliphatic carbocycles. The van der Waals surface area contributed by atoms with Gasteiger partial charge < -0.3 is 9.26 Å². The van der Waals surface area contributed by atoms with Crippen molar-refractivity contribution in [3.8, 4) is 17.1 Å². The molecule has 0 bridgehead atoms. The fourth-order valence-electron chi connectivity index (χ4n) is 2.31. The molecule has 1 amide bonds. The van der Waals surface area contributed by atoms with E-state index in [0.717, 1.165) is 12.0 Å². The summed E-state index contributed by atoms with van der Waals surface area (Å²) >= 11 is 0. The molecule has 0 atom stereocenters. The van der Waals surface area contributed by atoms with Crippen molar-refractivity contribution in [1.82, 2.24) is 10.1 Å². The number of pyridine rings is 1. The van der Waals surface area contributed by atoms with Crippen LogP contribution in [0, 0.1) is 6.92 Å². The Morgan fingerprint density at radius 1 is 1.17 bits per heavy atom. The summed E-state index contributed by atoms with van der Waals surface area (Å²) in [6.07, 6.45) is 2.28. The fourth-order valence-corrected chi connectivity index (χ4v) is 2.31. The SMILES string of the molecule is COc1ccc(N(C=O)c2c(-c3ccccc3)noc2C)cn1. The summed E-state index contributed by atoms with van der Waals surface area (Å²) < 4.78 is 10.3. The molecular weight excluding hydrogens is 294 g/mol. The van der Waals surface area contributed by atoms with Gasteiger partial charge in [-0.25, -0.2) is 4.98 Å². The number of ether oxygens (including phenoxy) is 1.